The highest BCUT2D eigenvalue weighted by Gasteiger charge is 2.49. The molecule has 4 rings (SSSR count). The molecule has 0 unspecified atom stereocenters. The van der Waals surface area contributed by atoms with Gasteiger partial charge >= 0.3 is 0 Å². The van der Waals surface area contributed by atoms with Crippen LogP contribution in [0.5, 0.6) is 0 Å². The minimum atomic E-state index is -1.83. The summed E-state index contributed by atoms with van der Waals surface area (Å²) in [6.07, 6.45) is 5.39. The Bertz CT molecular complexity index is 1320. The Morgan fingerprint density at radius 2 is 1.80 bits per heavy atom. The van der Waals surface area contributed by atoms with E-state index in [1.807, 2.05) is 19.9 Å². The molecule has 2 bridgehead atoms. The molecule has 2 amide bonds. The van der Waals surface area contributed by atoms with E-state index >= 15 is 4.39 Å². The molecule has 2 aromatic rings. The van der Waals surface area contributed by atoms with Gasteiger partial charge in [0, 0.05) is 37.6 Å². The van der Waals surface area contributed by atoms with E-state index in [9.17, 15) is 19.2 Å². The minimum Gasteiger partial charge on any atom is -0.352 e. The number of amides is 2. The quantitative estimate of drug-likeness (QED) is 0.496. The van der Waals surface area contributed by atoms with Crippen molar-refractivity contribution in [2.24, 2.45) is 5.92 Å². The third-order valence-corrected chi connectivity index (χ3v) is 8.41. The van der Waals surface area contributed by atoms with Crippen LogP contribution in [0.3, 0.4) is 0 Å². The lowest BCUT2D eigenvalue weighted by Gasteiger charge is -2.26. The number of nitrogens with zero attached hydrogens (tertiary/aromatic N) is 3. The normalized spacial score (nSPS) is 23.6. The van der Waals surface area contributed by atoms with E-state index in [1.54, 1.807) is 4.68 Å². The minimum absolute atomic E-state index is 0.0104. The molecule has 1 saturated heterocycles. The number of halogens is 1. The first-order valence-corrected chi connectivity index (χ1v) is 15.2. The summed E-state index contributed by atoms with van der Waals surface area (Å²) >= 11 is 0. The van der Waals surface area contributed by atoms with Crippen molar-refractivity contribution < 1.29 is 23.6 Å². The average Bonchev–Trinajstić information content (AvgIpc) is 3.42. The maximum absolute atomic E-state index is 16.3. The number of hydrogen-bond donors (Lipinski definition) is 1. The van der Waals surface area contributed by atoms with Crippen LogP contribution in [-0.2, 0) is 27.3 Å². The van der Waals surface area contributed by atoms with Crippen LogP contribution in [0, 0.1) is 12.8 Å². The van der Waals surface area contributed by atoms with Gasteiger partial charge < -0.3 is 10.2 Å². The number of carbonyl (C=O) groups is 4. The number of hydrogen-bond acceptors (Lipinski definition) is 5. The fourth-order valence-corrected chi connectivity index (χ4v) is 6.55. The summed E-state index contributed by atoms with van der Waals surface area (Å²) in [5.74, 6) is -0.600. The van der Waals surface area contributed by atoms with E-state index in [0.717, 1.165) is 55.2 Å². The van der Waals surface area contributed by atoms with Crippen molar-refractivity contribution >= 4 is 34.3 Å². The van der Waals surface area contributed by atoms with Crippen LogP contribution in [0.4, 0.5) is 4.39 Å². The molecule has 0 radical (unpaired) electrons. The van der Waals surface area contributed by atoms with Gasteiger partial charge in [-0.05, 0) is 63.5 Å². The molecule has 3 heterocycles. The average molecular weight is 569 g/mol. The number of aryl methyl sites for hydroxylation is 2. The number of ketones is 2. The first-order chi connectivity index (χ1) is 19.4. The molecule has 0 aliphatic carbocycles. The molecule has 1 aromatic carbocycles. The topological polar surface area (TPSA) is 101 Å². The number of fused-ring (bicyclic) bond motifs is 2. The Morgan fingerprint density at radius 3 is 2.49 bits per heavy atom. The molecule has 8 nitrogen and oxygen atoms in total. The second-order valence-corrected chi connectivity index (χ2v) is 12.8. The van der Waals surface area contributed by atoms with Crippen LogP contribution in [0.2, 0.25) is 0 Å². The lowest BCUT2D eigenvalue weighted by Crippen LogP contribution is -2.49. The van der Waals surface area contributed by atoms with E-state index in [4.69, 9.17) is 0 Å². The van der Waals surface area contributed by atoms with Gasteiger partial charge in [0.1, 0.15) is 29.7 Å². The molecule has 224 valence electrons. The van der Waals surface area contributed by atoms with Crippen molar-refractivity contribution in [2.45, 2.75) is 123 Å². The molecule has 1 aromatic heterocycles. The maximum atomic E-state index is 16.3. The van der Waals surface area contributed by atoms with E-state index in [1.165, 1.54) is 11.8 Å². The Kier molecular flexibility index (Phi) is 9.65. The summed E-state index contributed by atoms with van der Waals surface area (Å²) in [5.41, 5.74) is 1.23. The van der Waals surface area contributed by atoms with Crippen molar-refractivity contribution in [3.8, 4) is 0 Å². The monoisotopic (exact) mass is 568 g/mol. The number of aromatic nitrogens is 2. The van der Waals surface area contributed by atoms with Gasteiger partial charge in [-0.1, -0.05) is 38.3 Å². The fourth-order valence-electron chi connectivity index (χ4n) is 6.55. The number of rotatable bonds is 5. The number of benzene rings is 1. The summed E-state index contributed by atoms with van der Waals surface area (Å²) in [4.78, 5) is 53.7. The van der Waals surface area contributed by atoms with Crippen molar-refractivity contribution in [1.29, 1.82) is 0 Å². The molecule has 41 heavy (non-hydrogen) atoms. The molecule has 0 spiro atoms. The third kappa shape index (κ3) is 7.41. The molecular weight excluding hydrogens is 523 g/mol. The van der Waals surface area contributed by atoms with Gasteiger partial charge in [-0.3, -0.25) is 23.9 Å². The second-order valence-electron chi connectivity index (χ2n) is 12.8. The van der Waals surface area contributed by atoms with Gasteiger partial charge in [-0.2, -0.15) is 5.10 Å². The number of nitrogens with one attached hydrogen (secondary N) is 1. The largest absolute Gasteiger partial charge is 0.352 e. The zero-order valence-electron chi connectivity index (χ0n) is 25.2. The van der Waals surface area contributed by atoms with E-state index in [2.05, 4.69) is 30.3 Å². The summed E-state index contributed by atoms with van der Waals surface area (Å²) in [7, 11) is 0. The Hall–Kier alpha value is -3.10. The van der Waals surface area contributed by atoms with Crippen LogP contribution in [0.1, 0.15) is 107 Å². The Morgan fingerprint density at radius 1 is 1.10 bits per heavy atom. The number of alkyl halides is 1. The van der Waals surface area contributed by atoms with E-state index in [0.29, 0.717) is 23.4 Å². The lowest BCUT2D eigenvalue weighted by atomic mass is 9.93. The first kappa shape index (κ1) is 30.8. The highest BCUT2D eigenvalue weighted by molar-refractivity contribution is 6.06. The highest BCUT2D eigenvalue weighted by Crippen LogP contribution is 2.36. The summed E-state index contributed by atoms with van der Waals surface area (Å²) < 4.78 is 17.8. The molecule has 9 heteroatoms. The lowest BCUT2D eigenvalue weighted by molar-refractivity contribution is -0.139. The van der Waals surface area contributed by atoms with Gasteiger partial charge in [0.15, 0.2) is 5.78 Å². The first-order valence-electron chi connectivity index (χ1n) is 15.2. The zero-order valence-corrected chi connectivity index (χ0v) is 25.2. The summed E-state index contributed by atoms with van der Waals surface area (Å²) in [6, 6.07) is 2.89. The van der Waals surface area contributed by atoms with Crippen LogP contribution < -0.4 is 5.32 Å². The second kappa shape index (κ2) is 12.8. The van der Waals surface area contributed by atoms with Crippen molar-refractivity contribution in [3.05, 3.63) is 29.0 Å². The molecule has 3 atom stereocenters. The molecule has 1 N–H and O–H groups in total. The van der Waals surface area contributed by atoms with Gasteiger partial charge in [0.2, 0.25) is 11.8 Å². The van der Waals surface area contributed by atoms with Crippen LogP contribution >= 0.6 is 0 Å². The zero-order chi connectivity index (χ0) is 29.9. The highest BCUT2D eigenvalue weighted by atomic mass is 19.1. The van der Waals surface area contributed by atoms with Gasteiger partial charge in [0.25, 0.3) is 0 Å². The van der Waals surface area contributed by atoms with Crippen LogP contribution in [0.25, 0.3) is 10.9 Å². The summed E-state index contributed by atoms with van der Waals surface area (Å²) in [6.45, 7) is 9.03. The van der Waals surface area contributed by atoms with E-state index < -0.39 is 17.6 Å². The molecule has 2 aliphatic heterocycles. The third-order valence-electron chi connectivity index (χ3n) is 8.41. The predicted molar refractivity (Wildman–Crippen MR) is 157 cm³/mol. The predicted octanol–water partition coefficient (Wildman–Crippen LogP) is 5.26. The van der Waals surface area contributed by atoms with Crippen molar-refractivity contribution in [1.82, 2.24) is 20.0 Å². The molecule has 2 aliphatic rings. The number of carbonyl (C=O) groups excluding carboxylic acids is 4. The fraction of sp³-hybridized carbons (Fsp3) is 0.656. The van der Waals surface area contributed by atoms with Gasteiger partial charge in [0.05, 0.1) is 12.1 Å². The number of Topliss-reactive ketones (excluding diaryl/α,β-unsaturated/α-hetero) is 2. The Labute approximate surface area is 242 Å². The standard InChI is InChI=1S/C32H45FN4O4/c1-20(2)14-22(4)34-31(41)27-17-32(33)13-12-25(39)11-9-7-6-8-10-24-15-21(3)16-26-29(23(5)38)35-37(30(24)26)18-28(40)36(27)19-32/h15-16,20,22,27H,6-14,17-19H2,1-5H3,(H,34,41)/t22-,27+,32-/m1/s1. The van der Waals surface area contributed by atoms with Crippen molar-refractivity contribution in [3.63, 3.8) is 0 Å². The van der Waals surface area contributed by atoms with Gasteiger partial charge in [-0.15, -0.1) is 0 Å². The Balaban J connectivity index is 1.72. The van der Waals surface area contributed by atoms with Crippen LogP contribution in [-0.4, -0.2) is 62.4 Å². The van der Waals surface area contributed by atoms with Gasteiger partial charge in [-0.25, -0.2) is 4.39 Å². The van der Waals surface area contributed by atoms with Crippen molar-refractivity contribution in [2.75, 3.05) is 6.54 Å². The van der Waals surface area contributed by atoms with Crippen LogP contribution in [0.15, 0.2) is 12.1 Å². The molecule has 0 saturated carbocycles. The maximum Gasteiger partial charge on any atom is 0.245 e. The van der Waals surface area contributed by atoms with E-state index in [-0.39, 0.29) is 55.9 Å². The molecular formula is C32H45FN4O4. The summed E-state index contributed by atoms with van der Waals surface area (Å²) in [5, 5.41) is 8.26. The molecule has 1 fully saturated rings. The smallest absolute Gasteiger partial charge is 0.245 e. The SMILES string of the molecule is CC(=O)c1nn2c3c(cc(C)cc13)CCCCCCC(=O)CC[C@@]1(F)C[C@@H](C(=O)N[C@H](C)CC(C)C)N(C1)C(=O)C2.